The number of halogens is 1. The van der Waals surface area contributed by atoms with E-state index in [4.69, 9.17) is 5.73 Å². The third-order valence-corrected chi connectivity index (χ3v) is 3.99. The second-order valence-electron chi connectivity index (χ2n) is 5.92. The van der Waals surface area contributed by atoms with Gasteiger partial charge in [0.15, 0.2) is 0 Å². The highest BCUT2D eigenvalue weighted by molar-refractivity contribution is 5.98. The van der Waals surface area contributed by atoms with Crippen LogP contribution in [0.15, 0.2) is 18.2 Å². The number of hydrogen-bond donors (Lipinski definition) is 2. The fraction of sp³-hybridized carbons (Fsp3) is 0.562. The van der Waals surface area contributed by atoms with E-state index >= 15 is 0 Å². The van der Waals surface area contributed by atoms with E-state index in [9.17, 15) is 9.18 Å². The first-order valence-electron chi connectivity index (χ1n) is 7.58. The maximum atomic E-state index is 13.4. The first-order valence-corrected chi connectivity index (χ1v) is 7.58. The van der Waals surface area contributed by atoms with Crippen LogP contribution in [0.4, 0.5) is 10.1 Å². The summed E-state index contributed by atoms with van der Waals surface area (Å²) in [4.78, 5) is 13.7. The van der Waals surface area contributed by atoms with Gasteiger partial charge in [-0.25, -0.2) is 4.39 Å². The van der Waals surface area contributed by atoms with Gasteiger partial charge >= 0.3 is 0 Å². The minimum absolute atomic E-state index is 0.206. The van der Waals surface area contributed by atoms with E-state index in [0.29, 0.717) is 11.7 Å². The Labute approximate surface area is 125 Å². The third-order valence-electron chi connectivity index (χ3n) is 3.99. The van der Waals surface area contributed by atoms with Crippen molar-refractivity contribution in [1.82, 2.24) is 5.32 Å². The number of carbonyl (C=O) groups excluding carboxylic acids is 1. The number of nitrogens with one attached hydrogen (secondary N) is 1. The van der Waals surface area contributed by atoms with E-state index in [2.05, 4.69) is 24.1 Å². The molecule has 4 nitrogen and oxygen atoms in total. The first kappa shape index (κ1) is 15.8. The third kappa shape index (κ3) is 3.94. The van der Waals surface area contributed by atoms with E-state index in [1.165, 1.54) is 25.0 Å². The predicted molar refractivity (Wildman–Crippen MR) is 83.0 cm³/mol. The minimum Gasteiger partial charge on any atom is -0.367 e. The van der Waals surface area contributed by atoms with Crippen LogP contribution in [0, 0.1) is 5.82 Å². The summed E-state index contributed by atoms with van der Waals surface area (Å²) in [5.74, 6) is -1.03. The molecule has 116 valence electrons. The fourth-order valence-electron chi connectivity index (χ4n) is 2.86. The van der Waals surface area contributed by atoms with E-state index in [1.807, 2.05) is 0 Å². The van der Waals surface area contributed by atoms with Crippen molar-refractivity contribution in [3.05, 3.63) is 29.6 Å². The van der Waals surface area contributed by atoms with E-state index in [1.54, 1.807) is 6.07 Å². The maximum absolute atomic E-state index is 13.4. The summed E-state index contributed by atoms with van der Waals surface area (Å²) < 4.78 is 13.4. The van der Waals surface area contributed by atoms with Crippen LogP contribution < -0.4 is 16.0 Å². The molecular weight excluding hydrogens is 269 g/mol. The molecule has 0 radical (unpaired) electrons. The summed E-state index contributed by atoms with van der Waals surface area (Å²) in [5.41, 5.74) is 6.37. The molecule has 0 aliphatic carbocycles. The van der Waals surface area contributed by atoms with Crippen LogP contribution in [0.3, 0.4) is 0 Å². The van der Waals surface area contributed by atoms with Crippen LogP contribution >= 0.6 is 0 Å². The molecule has 1 aliphatic rings. The SMILES string of the molecule is CC(C)N(CC1CCCCN1)c1ccc(F)cc1C(N)=O. The average Bonchev–Trinajstić information content (AvgIpc) is 2.46. The number of nitrogens with zero attached hydrogens (tertiary/aromatic N) is 1. The summed E-state index contributed by atoms with van der Waals surface area (Å²) in [6.07, 6.45) is 3.55. The molecular formula is C16H24FN3O. The molecule has 0 spiro atoms. The second kappa shape index (κ2) is 6.89. The maximum Gasteiger partial charge on any atom is 0.250 e. The van der Waals surface area contributed by atoms with Gasteiger partial charge in [0.25, 0.3) is 5.91 Å². The lowest BCUT2D eigenvalue weighted by Crippen LogP contribution is -2.46. The molecule has 3 N–H and O–H groups in total. The molecule has 0 bridgehead atoms. The Morgan fingerprint density at radius 2 is 2.24 bits per heavy atom. The Bertz CT molecular complexity index is 498. The molecule has 1 saturated heterocycles. The van der Waals surface area contributed by atoms with Crippen molar-refractivity contribution in [3.63, 3.8) is 0 Å². The van der Waals surface area contributed by atoms with Gasteiger partial charge in [0, 0.05) is 24.3 Å². The van der Waals surface area contributed by atoms with Crippen LogP contribution in [-0.4, -0.2) is 31.1 Å². The average molecular weight is 293 g/mol. The molecule has 1 unspecified atom stereocenters. The summed E-state index contributed by atoms with van der Waals surface area (Å²) >= 11 is 0. The van der Waals surface area contributed by atoms with Gasteiger partial charge in [-0.1, -0.05) is 6.42 Å². The number of hydrogen-bond acceptors (Lipinski definition) is 3. The van der Waals surface area contributed by atoms with E-state index in [0.717, 1.165) is 19.5 Å². The molecule has 21 heavy (non-hydrogen) atoms. The Morgan fingerprint density at radius 3 is 2.81 bits per heavy atom. The van der Waals surface area contributed by atoms with Gasteiger partial charge in [-0.05, 0) is 51.4 Å². The zero-order chi connectivity index (χ0) is 15.4. The van der Waals surface area contributed by atoms with Gasteiger partial charge in [-0.15, -0.1) is 0 Å². The number of anilines is 1. The van der Waals surface area contributed by atoms with Crippen molar-refractivity contribution in [2.75, 3.05) is 18.0 Å². The molecule has 2 rings (SSSR count). The van der Waals surface area contributed by atoms with Crippen LogP contribution in [-0.2, 0) is 0 Å². The van der Waals surface area contributed by atoms with Gasteiger partial charge in [0.2, 0.25) is 0 Å². The predicted octanol–water partition coefficient (Wildman–Crippen LogP) is 2.28. The first-order chi connectivity index (χ1) is 9.99. The van der Waals surface area contributed by atoms with Gasteiger partial charge < -0.3 is 16.0 Å². The van der Waals surface area contributed by atoms with Gasteiger partial charge in [0.1, 0.15) is 5.82 Å². The highest BCUT2D eigenvalue weighted by atomic mass is 19.1. The number of amides is 1. The standard InChI is InChI=1S/C16H24FN3O/c1-11(2)20(10-13-5-3-4-8-19-13)15-7-6-12(17)9-14(15)16(18)21/h6-7,9,11,13,19H,3-5,8,10H2,1-2H3,(H2,18,21). The quantitative estimate of drug-likeness (QED) is 0.875. The van der Waals surface area contributed by atoms with Crippen LogP contribution in [0.25, 0.3) is 0 Å². The normalized spacial score (nSPS) is 18.8. The Kier molecular flexibility index (Phi) is 5.17. The molecule has 1 atom stereocenters. The molecule has 1 fully saturated rings. The Morgan fingerprint density at radius 1 is 1.48 bits per heavy atom. The summed E-state index contributed by atoms with van der Waals surface area (Å²) in [6, 6.07) is 4.86. The summed E-state index contributed by atoms with van der Waals surface area (Å²) in [6.45, 7) is 5.96. The lowest BCUT2D eigenvalue weighted by Gasteiger charge is -2.35. The van der Waals surface area contributed by atoms with Crippen LogP contribution in [0.2, 0.25) is 0 Å². The number of primary amides is 1. The lowest BCUT2D eigenvalue weighted by molar-refractivity contribution is 0.1000. The molecule has 1 amide bonds. The summed E-state index contributed by atoms with van der Waals surface area (Å²) in [7, 11) is 0. The topological polar surface area (TPSA) is 58.4 Å². The number of carbonyl (C=O) groups is 1. The minimum atomic E-state index is -0.591. The van der Waals surface area contributed by atoms with Gasteiger partial charge in [0.05, 0.1) is 5.56 Å². The smallest absolute Gasteiger partial charge is 0.250 e. The molecule has 1 aromatic carbocycles. The van der Waals surface area contributed by atoms with Crippen molar-refractivity contribution >= 4 is 11.6 Å². The Balaban J connectivity index is 2.27. The van der Waals surface area contributed by atoms with Crippen molar-refractivity contribution in [2.45, 2.75) is 45.2 Å². The second-order valence-corrected chi connectivity index (χ2v) is 5.92. The highest BCUT2D eigenvalue weighted by Crippen LogP contribution is 2.25. The number of nitrogens with two attached hydrogens (primary N) is 1. The van der Waals surface area contributed by atoms with E-state index in [-0.39, 0.29) is 11.6 Å². The molecule has 0 aromatic heterocycles. The van der Waals surface area contributed by atoms with Crippen LogP contribution in [0.1, 0.15) is 43.5 Å². The zero-order valence-electron chi connectivity index (χ0n) is 12.7. The molecule has 1 aliphatic heterocycles. The van der Waals surface area contributed by atoms with Crippen molar-refractivity contribution in [3.8, 4) is 0 Å². The monoisotopic (exact) mass is 293 g/mol. The van der Waals surface area contributed by atoms with Crippen LogP contribution in [0.5, 0.6) is 0 Å². The van der Waals surface area contributed by atoms with Gasteiger partial charge in [-0.2, -0.15) is 0 Å². The molecule has 0 saturated carbocycles. The largest absolute Gasteiger partial charge is 0.367 e. The fourth-order valence-corrected chi connectivity index (χ4v) is 2.86. The zero-order valence-corrected chi connectivity index (χ0v) is 12.7. The molecule has 1 aromatic rings. The number of rotatable bonds is 5. The van der Waals surface area contributed by atoms with Crippen molar-refractivity contribution in [1.29, 1.82) is 0 Å². The van der Waals surface area contributed by atoms with Crippen molar-refractivity contribution < 1.29 is 9.18 Å². The number of benzene rings is 1. The van der Waals surface area contributed by atoms with Crippen molar-refractivity contribution in [2.24, 2.45) is 5.73 Å². The lowest BCUT2D eigenvalue weighted by atomic mass is 10.0. The Hall–Kier alpha value is -1.62. The van der Waals surface area contributed by atoms with Gasteiger partial charge in [-0.3, -0.25) is 4.79 Å². The van der Waals surface area contributed by atoms with E-state index < -0.39 is 11.7 Å². The number of piperidine rings is 1. The molecule has 1 heterocycles. The molecule has 5 heteroatoms. The highest BCUT2D eigenvalue weighted by Gasteiger charge is 2.22. The summed E-state index contributed by atoms with van der Waals surface area (Å²) in [5, 5.41) is 3.50.